The van der Waals surface area contributed by atoms with Crippen LogP contribution < -0.4 is 15.2 Å². The van der Waals surface area contributed by atoms with E-state index >= 15 is 0 Å². The van der Waals surface area contributed by atoms with Gasteiger partial charge in [-0.2, -0.15) is 0 Å². The zero-order valence-corrected chi connectivity index (χ0v) is 13.9. The molecule has 3 N–H and O–H groups in total. The average Bonchev–Trinajstić information content (AvgIpc) is 2.44. The van der Waals surface area contributed by atoms with Gasteiger partial charge in [0.15, 0.2) is 0 Å². The first-order valence-corrected chi connectivity index (χ1v) is 7.20. The molecule has 0 fully saturated rings. The summed E-state index contributed by atoms with van der Waals surface area (Å²) in [7, 11) is 1.55. The minimum atomic E-state index is -1.14. The van der Waals surface area contributed by atoms with Crippen molar-refractivity contribution in [3.05, 3.63) is 38.9 Å². The number of aromatic nitrogens is 1. The van der Waals surface area contributed by atoms with E-state index in [-0.39, 0.29) is 17.1 Å². The topological polar surface area (TPSA) is 94.7 Å². The van der Waals surface area contributed by atoms with Crippen molar-refractivity contribution in [2.75, 3.05) is 12.8 Å². The van der Waals surface area contributed by atoms with Gasteiger partial charge in [0.25, 0.3) is 0 Å². The molecule has 0 aliphatic rings. The van der Waals surface area contributed by atoms with E-state index in [2.05, 4.69) is 36.8 Å². The summed E-state index contributed by atoms with van der Waals surface area (Å²) >= 11 is 6.69. The fourth-order valence-electron chi connectivity index (χ4n) is 1.55. The summed E-state index contributed by atoms with van der Waals surface area (Å²) in [6.45, 7) is 0. The summed E-state index contributed by atoms with van der Waals surface area (Å²) in [6.07, 6.45) is 1.24. The lowest BCUT2D eigenvalue weighted by Gasteiger charge is -2.11. The molecule has 2 rings (SSSR count). The van der Waals surface area contributed by atoms with Gasteiger partial charge in [-0.25, -0.2) is 9.78 Å². The first kappa shape index (κ1) is 15.6. The largest absolute Gasteiger partial charge is 0.496 e. The third-order valence-electron chi connectivity index (χ3n) is 2.56. The van der Waals surface area contributed by atoms with Gasteiger partial charge in [-0.1, -0.05) is 0 Å². The number of anilines is 1. The number of rotatable bonds is 4. The Hall–Kier alpha value is -1.80. The van der Waals surface area contributed by atoms with Gasteiger partial charge in [-0.3, -0.25) is 0 Å². The van der Waals surface area contributed by atoms with Gasteiger partial charge < -0.3 is 20.3 Å². The number of methoxy groups -OCH3 is 1. The number of hydrogen-bond donors (Lipinski definition) is 2. The van der Waals surface area contributed by atoms with Gasteiger partial charge in [-0.05, 0) is 44.0 Å². The SMILES string of the molecule is COc1cc(Br)c(Oc2cc(C(=O)O)c(N)cn2)cc1Br. The number of halogens is 2. The Kier molecular flexibility index (Phi) is 4.69. The summed E-state index contributed by atoms with van der Waals surface area (Å²) in [6, 6.07) is 4.67. The molecule has 6 nitrogen and oxygen atoms in total. The van der Waals surface area contributed by atoms with E-state index in [4.69, 9.17) is 20.3 Å². The van der Waals surface area contributed by atoms with Crippen LogP contribution in [0.4, 0.5) is 5.69 Å². The van der Waals surface area contributed by atoms with Gasteiger partial charge >= 0.3 is 5.97 Å². The molecule has 0 spiro atoms. The quantitative estimate of drug-likeness (QED) is 0.787. The van der Waals surface area contributed by atoms with E-state index in [1.165, 1.54) is 12.3 Å². The Labute approximate surface area is 137 Å². The van der Waals surface area contributed by atoms with Crippen molar-refractivity contribution >= 4 is 43.5 Å². The molecule has 0 saturated heterocycles. The van der Waals surface area contributed by atoms with Crippen LogP contribution in [0.3, 0.4) is 0 Å². The molecule has 8 heteroatoms. The van der Waals surface area contributed by atoms with Crippen molar-refractivity contribution in [1.82, 2.24) is 4.98 Å². The number of hydrogen-bond acceptors (Lipinski definition) is 5. The molecule has 0 unspecified atom stereocenters. The van der Waals surface area contributed by atoms with Crippen LogP contribution in [0.1, 0.15) is 10.4 Å². The number of aromatic carboxylic acids is 1. The number of carboxylic acids is 1. The van der Waals surface area contributed by atoms with E-state index in [0.717, 1.165) is 0 Å². The standard InChI is InChI=1S/C13H10Br2N2O4/c1-20-10-3-8(15)11(4-7(10)14)21-12-2-6(13(18)19)9(16)5-17-12/h2-5H,16H2,1H3,(H,18,19). The highest BCUT2D eigenvalue weighted by Gasteiger charge is 2.13. The zero-order chi connectivity index (χ0) is 15.6. The van der Waals surface area contributed by atoms with Crippen molar-refractivity contribution in [3.8, 4) is 17.4 Å². The monoisotopic (exact) mass is 416 g/mol. The van der Waals surface area contributed by atoms with Crippen LogP contribution in [-0.4, -0.2) is 23.2 Å². The third-order valence-corrected chi connectivity index (χ3v) is 3.80. The normalized spacial score (nSPS) is 10.2. The number of ether oxygens (including phenoxy) is 2. The highest BCUT2D eigenvalue weighted by molar-refractivity contribution is 9.11. The molecule has 0 saturated carbocycles. The summed E-state index contributed by atoms with van der Waals surface area (Å²) in [5, 5.41) is 9.03. The van der Waals surface area contributed by atoms with Gasteiger partial charge in [0.05, 0.1) is 33.5 Å². The second-order valence-corrected chi connectivity index (χ2v) is 5.64. The van der Waals surface area contributed by atoms with Crippen molar-refractivity contribution in [2.24, 2.45) is 0 Å². The molecule has 0 amide bonds. The number of nitrogens with two attached hydrogens (primary N) is 1. The minimum absolute atomic E-state index is 0.0660. The molecule has 1 aromatic carbocycles. The van der Waals surface area contributed by atoms with Crippen LogP contribution in [0.25, 0.3) is 0 Å². The molecule has 0 atom stereocenters. The predicted octanol–water partition coefficient (Wildman–Crippen LogP) is 3.69. The molecule has 21 heavy (non-hydrogen) atoms. The maximum atomic E-state index is 11.0. The molecular weight excluding hydrogens is 408 g/mol. The summed E-state index contributed by atoms with van der Waals surface area (Å²) in [4.78, 5) is 15.0. The average molecular weight is 418 g/mol. The predicted molar refractivity (Wildman–Crippen MR) is 84.1 cm³/mol. The zero-order valence-electron chi connectivity index (χ0n) is 10.8. The van der Waals surface area contributed by atoms with Crippen molar-refractivity contribution in [3.63, 3.8) is 0 Å². The van der Waals surface area contributed by atoms with Crippen molar-refractivity contribution in [1.29, 1.82) is 0 Å². The lowest BCUT2D eigenvalue weighted by atomic mass is 10.2. The molecule has 0 radical (unpaired) electrons. The highest BCUT2D eigenvalue weighted by Crippen LogP contribution is 2.38. The maximum absolute atomic E-state index is 11.0. The Balaban J connectivity index is 2.36. The number of pyridine rings is 1. The van der Waals surface area contributed by atoms with Crippen LogP contribution in [0.15, 0.2) is 33.3 Å². The number of nitrogen functional groups attached to an aromatic ring is 1. The van der Waals surface area contributed by atoms with Gasteiger partial charge in [-0.15, -0.1) is 0 Å². The molecule has 0 aliphatic heterocycles. The summed E-state index contributed by atoms with van der Waals surface area (Å²) < 4.78 is 12.1. The van der Waals surface area contributed by atoms with Crippen LogP contribution >= 0.6 is 31.9 Å². The summed E-state index contributed by atoms with van der Waals surface area (Å²) in [5.41, 5.74) is 5.55. The fourth-order valence-corrected chi connectivity index (χ4v) is 2.43. The first-order valence-electron chi connectivity index (χ1n) is 5.62. The van der Waals surface area contributed by atoms with Crippen molar-refractivity contribution in [2.45, 2.75) is 0 Å². The molecule has 2 aromatic rings. The smallest absolute Gasteiger partial charge is 0.338 e. The number of carbonyl (C=O) groups is 1. The van der Waals surface area contributed by atoms with E-state index in [9.17, 15) is 4.79 Å². The van der Waals surface area contributed by atoms with Gasteiger partial charge in [0.1, 0.15) is 11.5 Å². The molecule has 0 aliphatic carbocycles. The molecule has 0 bridgehead atoms. The van der Waals surface area contributed by atoms with Gasteiger partial charge in [0, 0.05) is 6.07 Å². The first-order chi connectivity index (χ1) is 9.92. The van der Waals surface area contributed by atoms with E-state index in [1.54, 1.807) is 19.2 Å². The van der Waals surface area contributed by atoms with E-state index < -0.39 is 5.97 Å². The Morgan fingerprint density at radius 2 is 1.86 bits per heavy atom. The lowest BCUT2D eigenvalue weighted by Crippen LogP contribution is -2.03. The lowest BCUT2D eigenvalue weighted by molar-refractivity contribution is 0.0697. The molecule has 1 heterocycles. The Morgan fingerprint density at radius 1 is 1.24 bits per heavy atom. The maximum Gasteiger partial charge on any atom is 0.338 e. The molecular formula is C13H10Br2N2O4. The number of benzene rings is 1. The van der Waals surface area contributed by atoms with Gasteiger partial charge in [0.2, 0.25) is 5.88 Å². The summed E-state index contributed by atoms with van der Waals surface area (Å²) in [5.74, 6) is 0.0658. The van der Waals surface area contributed by atoms with Crippen LogP contribution in [-0.2, 0) is 0 Å². The number of nitrogens with zero attached hydrogens (tertiary/aromatic N) is 1. The fraction of sp³-hybridized carbons (Fsp3) is 0.0769. The minimum Gasteiger partial charge on any atom is -0.496 e. The Morgan fingerprint density at radius 3 is 2.48 bits per heavy atom. The van der Waals surface area contributed by atoms with Crippen LogP contribution in [0, 0.1) is 0 Å². The van der Waals surface area contributed by atoms with E-state index in [0.29, 0.717) is 20.4 Å². The number of carboxylic acid groups (broad SMARTS) is 1. The van der Waals surface area contributed by atoms with Crippen molar-refractivity contribution < 1.29 is 19.4 Å². The second-order valence-electron chi connectivity index (χ2n) is 3.93. The van der Waals surface area contributed by atoms with E-state index in [1.807, 2.05) is 0 Å². The highest BCUT2D eigenvalue weighted by atomic mass is 79.9. The third kappa shape index (κ3) is 3.45. The van der Waals surface area contributed by atoms with Crippen LogP contribution in [0.2, 0.25) is 0 Å². The molecule has 110 valence electrons. The van der Waals surface area contributed by atoms with Crippen LogP contribution in [0.5, 0.6) is 17.4 Å². The Bertz CT molecular complexity index is 707. The molecule has 1 aromatic heterocycles. The second kappa shape index (κ2) is 6.31.